The molecular weight excluding hydrogens is 316 g/mol. The van der Waals surface area contributed by atoms with E-state index in [1.54, 1.807) is 0 Å². The van der Waals surface area contributed by atoms with Crippen LogP contribution in [0.15, 0.2) is 6.07 Å². The zero-order valence-electron chi connectivity index (χ0n) is 14.0. The van der Waals surface area contributed by atoms with Crippen LogP contribution in [-0.4, -0.2) is 22.6 Å². The molecule has 0 fully saturated rings. The number of hydrogen-bond acceptors (Lipinski definition) is 4. The molecule has 1 aromatic rings. The monoisotopic (exact) mass is 342 g/mol. The van der Waals surface area contributed by atoms with Crippen molar-refractivity contribution in [1.82, 2.24) is 0 Å². The maximum atomic E-state index is 12.1. The Morgan fingerprint density at radius 2 is 1.74 bits per heavy atom. The minimum Gasteiger partial charge on any atom is -0.507 e. The van der Waals surface area contributed by atoms with Gasteiger partial charge in [0.15, 0.2) is 11.5 Å². The number of carbonyl (C=O) groups excluding carboxylic acids is 1. The first-order valence-electron chi connectivity index (χ1n) is 8.43. The third kappa shape index (κ3) is 5.94. The molecule has 0 aromatic heterocycles. The molecule has 0 amide bonds. The van der Waals surface area contributed by atoms with Gasteiger partial charge in [-0.3, -0.25) is 4.79 Å². The lowest BCUT2D eigenvalue weighted by molar-refractivity contribution is 0.0974. The molecule has 0 aliphatic carbocycles. The van der Waals surface area contributed by atoms with Gasteiger partial charge in [0.1, 0.15) is 22.1 Å². The summed E-state index contributed by atoms with van der Waals surface area (Å²) < 4.78 is 5.52. The number of phenolic OH excluding ortho intramolecular Hbond substituents is 2. The second-order valence-corrected chi connectivity index (χ2v) is 6.10. The largest absolute Gasteiger partial charge is 0.507 e. The zero-order valence-corrected chi connectivity index (χ0v) is 14.8. The van der Waals surface area contributed by atoms with Crippen molar-refractivity contribution in [2.45, 2.75) is 65.2 Å². The molecule has 1 rings (SSSR count). The van der Waals surface area contributed by atoms with E-state index in [0.29, 0.717) is 6.61 Å². The van der Waals surface area contributed by atoms with Crippen molar-refractivity contribution in [3.8, 4) is 17.2 Å². The van der Waals surface area contributed by atoms with Crippen LogP contribution in [0.1, 0.15) is 75.6 Å². The van der Waals surface area contributed by atoms with Crippen LogP contribution < -0.4 is 4.74 Å². The molecule has 0 atom stereocenters. The number of unbranched alkanes of at least 4 members (excludes halogenated alkanes) is 5. The van der Waals surface area contributed by atoms with Crippen LogP contribution in [0.3, 0.4) is 0 Å². The molecule has 0 radical (unpaired) electrons. The van der Waals surface area contributed by atoms with Gasteiger partial charge in [0.2, 0.25) is 0 Å². The second kappa shape index (κ2) is 10.4. The zero-order chi connectivity index (χ0) is 17.2. The number of rotatable bonds is 11. The highest BCUT2D eigenvalue weighted by molar-refractivity contribution is 6.34. The lowest BCUT2D eigenvalue weighted by Crippen LogP contribution is -2.03. The van der Waals surface area contributed by atoms with E-state index >= 15 is 0 Å². The number of halogens is 1. The first kappa shape index (κ1) is 19.6. The summed E-state index contributed by atoms with van der Waals surface area (Å²) in [5, 5.41) is 20.2. The van der Waals surface area contributed by atoms with E-state index in [1.807, 2.05) is 6.92 Å². The van der Waals surface area contributed by atoms with Gasteiger partial charge in [-0.25, -0.2) is 0 Å². The van der Waals surface area contributed by atoms with Gasteiger partial charge in [-0.15, -0.1) is 0 Å². The van der Waals surface area contributed by atoms with Gasteiger partial charge in [0.05, 0.1) is 6.61 Å². The summed E-state index contributed by atoms with van der Waals surface area (Å²) in [5.74, 6) is -0.762. The summed E-state index contributed by atoms with van der Waals surface area (Å²) in [7, 11) is 0. The van der Waals surface area contributed by atoms with Gasteiger partial charge in [0, 0.05) is 12.5 Å². The molecule has 130 valence electrons. The molecule has 0 saturated carbocycles. The molecule has 5 heteroatoms. The number of phenols is 2. The number of Topliss-reactive ketones (excluding diaryl/α,β-unsaturated/α-hetero) is 1. The van der Waals surface area contributed by atoms with Crippen LogP contribution in [0.4, 0.5) is 0 Å². The Kier molecular flexibility index (Phi) is 8.85. The van der Waals surface area contributed by atoms with Crippen molar-refractivity contribution in [1.29, 1.82) is 0 Å². The smallest absolute Gasteiger partial charge is 0.170 e. The average molecular weight is 343 g/mol. The number of aromatic hydroxyl groups is 2. The van der Waals surface area contributed by atoms with E-state index in [-0.39, 0.29) is 34.3 Å². The van der Waals surface area contributed by atoms with E-state index in [4.69, 9.17) is 16.3 Å². The number of ether oxygens (including phenoxy) is 1. The fourth-order valence-corrected chi connectivity index (χ4v) is 2.56. The molecule has 0 heterocycles. The average Bonchev–Trinajstić information content (AvgIpc) is 2.52. The fourth-order valence-electron chi connectivity index (χ4n) is 2.36. The summed E-state index contributed by atoms with van der Waals surface area (Å²) >= 11 is 6.08. The summed E-state index contributed by atoms with van der Waals surface area (Å²) in [6, 6.07) is 1.31. The highest BCUT2D eigenvalue weighted by Gasteiger charge is 2.22. The Labute approximate surface area is 143 Å². The van der Waals surface area contributed by atoms with Crippen LogP contribution in [0.2, 0.25) is 5.02 Å². The minimum absolute atomic E-state index is 0.0165. The van der Waals surface area contributed by atoms with Crippen molar-refractivity contribution in [2.24, 2.45) is 0 Å². The lowest BCUT2D eigenvalue weighted by atomic mass is 10.0. The van der Waals surface area contributed by atoms with E-state index in [2.05, 4.69) is 6.92 Å². The summed E-state index contributed by atoms with van der Waals surface area (Å²) in [6.07, 6.45) is 7.14. The SMILES string of the molecule is CCCCCCOc1cc(O)c(C(=O)CCCCC)c(O)c1Cl. The van der Waals surface area contributed by atoms with Crippen molar-refractivity contribution < 1.29 is 19.7 Å². The van der Waals surface area contributed by atoms with Crippen LogP contribution in [0.25, 0.3) is 0 Å². The van der Waals surface area contributed by atoms with Gasteiger partial charge in [-0.1, -0.05) is 57.6 Å². The van der Waals surface area contributed by atoms with Crippen molar-refractivity contribution in [2.75, 3.05) is 6.61 Å². The van der Waals surface area contributed by atoms with Crippen LogP contribution >= 0.6 is 11.6 Å². The highest BCUT2D eigenvalue weighted by atomic mass is 35.5. The third-order valence-corrected chi connectivity index (χ3v) is 4.09. The number of hydrogen-bond donors (Lipinski definition) is 2. The van der Waals surface area contributed by atoms with E-state index in [0.717, 1.165) is 44.9 Å². The maximum absolute atomic E-state index is 12.1. The Morgan fingerprint density at radius 3 is 2.39 bits per heavy atom. The van der Waals surface area contributed by atoms with E-state index in [1.165, 1.54) is 6.07 Å². The quantitative estimate of drug-likeness (QED) is 0.413. The summed E-state index contributed by atoms with van der Waals surface area (Å²) in [4.78, 5) is 12.1. The van der Waals surface area contributed by atoms with Gasteiger partial charge in [-0.05, 0) is 12.8 Å². The van der Waals surface area contributed by atoms with Gasteiger partial charge >= 0.3 is 0 Å². The first-order chi connectivity index (χ1) is 11.0. The van der Waals surface area contributed by atoms with Crippen LogP contribution in [0, 0.1) is 0 Å². The van der Waals surface area contributed by atoms with Crippen LogP contribution in [0.5, 0.6) is 17.2 Å². The molecule has 0 unspecified atom stereocenters. The van der Waals surface area contributed by atoms with Gasteiger partial charge in [0.25, 0.3) is 0 Å². The Morgan fingerprint density at radius 1 is 1.09 bits per heavy atom. The van der Waals surface area contributed by atoms with Crippen molar-refractivity contribution in [3.05, 3.63) is 16.7 Å². The molecule has 0 saturated heterocycles. The van der Waals surface area contributed by atoms with Crippen molar-refractivity contribution in [3.63, 3.8) is 0 Å². The van der Waals surface area contributed by atoms with Crippen molar-refractivity contribution >= 4 is 17.4 Å². The minimum atomic E-state index is -0.392. The predicted molar refractivity (Wildman–Crippen MR) is 92.9 cm³/mol. The Hall–Kier alpha value is -1.42. The number of carbonyl (C=O) groups is 1. The fraction of sp³-hybridized carbons (Fsp3) is 0.611. The molecule has 23 heavy (non-hydrogen) atoms. The Balaban J connectivity index is 2.76. The normalized spacial score (nSPS) is 10.7. The summed E-state index contributed by atoms with van der Waals surface area (Å²) in [5.41, 5.74) is -0.107. The molecular formula is C18H27ClO4. The predicted octanol–water partition coefficient (Wildman–Crippen LogP) is 5.47. The number of benzene rings is 1. The van der Waals surface area contributed by atoms with Gasteiger partial charge < -0.3 is 14.9 Å². The lowest BCUT2D eigenvalue weighted by Gasteiger charge is -2.13. The number of ketones is 1. The van der Waals surface area contributed by atoms with Crippen LogP contribution in [-0.2, 0) is 0 Å². The van der Waals surface area contributed by atoms with E-state index < -0.39 is 5.75 Å². The molecule has 0 spiro atoms. The maximum Gasteiger partial charge on any atom is 0.170 e. The molecule has 1 aromatic carbocycles. The topological polar surface area (TPSA) is 66.8 Å². The molecule has 2 N–H and O–H groups in total. The second-order valence-electron chi connectivity index (χ2n) is 5.72. The molecule has 0 aliphatic rings. The summed E-state index contributed by atoms with van der Waals surface area (Å²) in [6.45, 7) is 4.63. The first-order valence-corrected chi connectivity index (χ1v) is 8.81. The third-order valence-electron chi connectivity index (χ3n) is 3.73. The molecule has 0 aliphatic heterocycles. The highest BCUT2D eigenvalue weighted by Crippen LogP contribution is 2.42. The molecule has 0 bridgehead atoms. The molecule has 4 nitrogen and oxygen atoms in total. The van der Waals surface area contributed by atoms with Gasteiger partial charge in [-0.2, -0.15) is 0 Å². The standard InChI is InChI=1S/C18H27ClO4/c1-3-5-7-9-11-23-15-12-14(21)16(18(22)17(15)19)13(20)10-8-6-4-2/h12,21-22H,3-11H2,1-2H3. The Bertz CT molecular complexity index is 514. The van der Waals surface area contributed by atoms with E-state index in [9.17, 15) is 15.0 Å².